The van der Waals surface area contributed by atoms with Gasteiger partial charge < -0.3 is 14.9 Å². The summed E-state index contributed by atoms with van der Waals surface area (Å²) >= 11 is 1.56. The molecule has 0 saturated heterocycles. The number of aliphatic hydroxyl groups excluding tert-OH is 1. The number of nitrogens with one attached hydrogen (secondary N) is 1. The Balaban J connectivity index is 2.10. The van der Waals surface area contributed by atoms with Gasteiger partial charge in [0.2, 0.25) is 5.91 Å². The van der Waals surface area contributed by atoms with Crippen molar-refractivity contribution in [2.75, 3.05) is 18.9 Å². The third-order valence-electron chi connectivity index (χ3n) is 2.82. The van der Waals surface area contributed by atoms with E-state index >= 15 is 0 Å². The molecule has 0 atom stereocenters. The predicted octanol–water partition coefficient (Wildman–Crippen LogP) is 1.80. The van der Waals surface area contributed by atoms with Gasteiger partial charge >= 0.3 is 0 Å². The van der Waals surface area contributed by atoms with Crippen molar-refractivity contribution >= 4 is 17.7 Å². The first-order valence-corrected chi connectivity index (χ1v) is 7.67. The van der Waals surface area contributed by atoms with Crippen LogP contribution in [0.15, 0.2) is 4.52 Å². The highest BCUT2D eigenvalue weighted by Gasteiger charge is 2.09. The van der Waals surface area contributed by atoms with E-state index in [1.165, 1.54) is 0 Å². The second-order valence-corrected chi connectivity index (χ2v) is 5.42. The predicted molar refractivity (Wildman–Crippen MR) is 76.1 cm³/mol. The molecule has 1 aromatic heterocycles. The number of aryl methyl sites for hydroxylation is 2. The fourth-order valence-electron chi connectivity index (χ4n) is 1.65. The Morgan fingerprint density at radius 3 is 2.79 bits per heavy atom. The maximum atomic E-state index is 11.6. The minimum atomic E-state index is 0.0563. The molecule has 1 rings (SSSR count). The molecule has 0 radical (unpaired) electrons. The van der Waals surface area contributed by atoms with E-state index < -0.39 is 0 Å². The standard InChI is InChI=1S/C13H22N2O3S/c1-10-12(11(2)18-15-10)8-19-9-13(17)14-6-4-3-5-7-16/h16H,3-9H2,1-2H3,(H,14,17). The van der Waals surface area contributed by atoms with E-state index in [-0.39, 0.29) is 12.5 Å². The monoisotopic (exact) mass is 286 g/mol. The summed E-state index contributed by atoms with van der Waals surface area (Å²) in [7, 11) is 0. The van der Waals surface area contributed by atoms with E-state index in [9.17, 15) is 4.79 Å². The van der Waals surface area contributed by atoms with Crippen LogP contribution in [0.3, 0.4) is 0 Å². The highest BCUT2D eigenvalue weighted by Crippen LogP contribution is 2.19. The highest BCUT2D eigenvalue weighted by molar-refractivity contribution is 7.99. The molecule has 1 amide bonds. The lowest BCUT2D eigenvalue weighted by molar-refractivity contribution is -0.118. The number of hydrogen-bond acceptors (Lipinski definition) is 5. The Morgan fingerprint density at radius 1 is 1.37 bits per heavy atom. The summed E-state index contributed by atoms with van der Waals surface area (Å²) in [5.74, 6) is 2.08. The second-order valence-electron chi connectivity index (χ2n) is 4.43. The summed E-state index contributed by atoms with van der Waals surface area (Å²) in [6, 6.07) is 0. The summed E-state index contributed by atoms with van der Waals surface area (Å²) in [6.07, 6.45) is 2.67. The lowest BCUT2D eigenvalue weighted by Crippen LogP contribution is -2.26. The number of aliphatic hydroxyl groups is 1. The van der Waals surface area contributed by atoms with Crippen LogP contribution in [0.5, 0.6) is 0 Å². The van der Waals surface area contributed by atoms with Gasteiger partial charge in [-0.05, 0) is 33.1 Å². The molecule has 0 aliphatic carbocycles. The van der Waals surface area contributed by atoms with E-state index in [2.05, 4.69) is 10.5 Å². The minimum Gasteiger partial charge on any atom is -0.396 e. The lowest BCUT2D eigenvalue weighted by Gasteiger charge is -2.04. The van der Waals surface area contributed by atoms with Crippen LogP contribution in [-0.4, -0.2) is 35.1 Å². The smallest absolute Gasteiger partial charge is 0.230 e. The third-order valence-corrected chi connectivity index (χ3v) is 3.78. The maximum absolute atomic E-state index is 11.6. The van der Waals surface area contributed by atoms with Gasteiger partial charge in [-0.25, -0.2) is 0 Å². The van der Waals surface area contributed by atoms with Gasteiger partial charge in [-0.2, -0.15) is 0 Å². The molecule has 0 saturated carbocycles. The normalized spacial score (nSPS) is 10.7. The van der Waals surface area contributed by atoms with E-state index in [1.54, 1.807) is 11.8 Å². The molecule has 0 unspecified atom stereocenters. The number of hydrogen-bond donors (Lipinski definition) is 2. The first-order chi connectivity index (χ1) is 9.15. The molecule has 5 nitrogen and oxygen atoms in total. The van der Waals surface area contributed by atoms with Gasteiger partial charge in [0, 0.05) is 24.5 Å². The van der Waals surface area contributed by atoms with Gasteiger partial charge in [0.1, 0.15) is 5.76 Å². The van der Waals surface area contributed by atoms with Crippen molar-refractivity contribution in [3.8, 4) is 0 Å². The topological polar surface area (TPSA) is 75.4 Å². The number of carbonyl (C=O) groups is 1. The molecule has 1 heterocycles. The van der Waals surface area contributed by atoms with Gasteiger partial charge in [0.15, 0.2) is 0 Å². The lowest BCUT2D eigenvalue weighted by atomic mass is 10.2. The SMILES string of the molecule is Cc1noc(C)c1CSCC(=O)NCCCCCO. The molecule has 0 aliphatic heterocycles. The quantitative estimate of drug-likeness (QED) is 0.677. The van der Waals surface area contributed by atoms with Crippen molar-refractivity contribution in [2.45, 2.75) is 38.9 Å². The van der Waals surface area contributed by atoms with E-state index in [0.717, 1.165) is 42.0 Å². The number of thioether (sulfide) groups is 1. The maximum Gasteiger partial charge on any atom is 0.230 e. The van der Waals surface area contributed by atoms with Crippen LogP contribution in [0.2, 0.25) is 0 Å². The van der Waals surface area contributed by atoms with Gasteiger partial charge in [-0.15, -0.1) is 11.8 Å². The Hall–Kier alpha value is -1.01. The number of carbonyl (C=O) groups excluding carboxylic acids is 1. The first kappa shape index (κ1) is 16.0. The van der Waals surface area contributed by atoms with Crippen LogP contribution >= 0.6 is 11.8 Å². The molecule has 0 spiro atoms. The summed E-state index contributed by atoms with van der Waals surface area (Å²) in [4.78, 5) is 11.6. The van der Waals surface area contributed by atoms with Crippen LogP contribution in [0.4, 0.5) is 0 Å². The van der Waals surface area contributed by atoms with Crippen LogP contribution in [0.1, 0.15) is 36.3 Å². The zero-order valence-corrected chi connectivity index (χ0v) is 12.4. The van der Waals surface area contributed by atoms with Crippen LogP contribution < -0.4 is 5.32 Å². The number of rotatable bonds is 9. The van der Waals surface area contributed by atoms with Gasteiger partial charge in [-0.3, -0.25) is 4.79 Å². The molecule has 0 aliphatic rings. The fraction of sp³-hybridized carbons (Fsp3) is 0.692. The van der Waals surface area contributed by atoms with Crippen molar-refractivity contribution in [1.82, 2.24) is 10.5 Å². The van der Waals surface area contributed by atoms with Crippen molar-refractivity contribution in [2.24, 2.45) is 0 Å². The second kappa shape index (κ2) is 8.98. The van der Waals surface area contributed by atoms with Crippen LogP contribution in [0.25, 0.3) is 0 Å². The number of amides is 1. The summed E-state index contributed by atoms with van der Waals surface area (Å²) < 4.78 is 5.07. The van der Waals surface area contributed by atoms with Crippen LogP contribution in [-0.2, 0) is 10.5 Å². The fourth-order valence-corrected chi connectivity index (χ4v) is 2.65. The Labute approximate surface area is 118 Å². The Bertz CT molecular complexity index is 374. The van der Waals surface area contributed by atoms with E-state index in [0.29, 0.717) is 12.3 Å². The number of nitrogens with zero attached hydrogens (tertiary/aromatic N) is 1. The third kappa shape index (κ3) is 6.11. The zero-order valence-electron chi connectivity index (χ0n) is 11.6. The Kier molecular flexibility index (Phi) is 7.59. The van der Waals surface area contributed by atoms with Gasteiger partial charge in [-0.1, -0.05) is 5.16 Å². The molecule has 19 heavy (non-hydrogen) atoms. The highest BCUT2D eigenvalue weighted by atomic mass is 32.2. The van der Waals surface area contributed by atoms with Crippen molar-refractivity contribution in [1.29, 1.82) is 0 Å². The van der Waals surface area contributed by atoms with Crippen LogP contribution in [0, 0.1) is 13.8 Å². The van der Waals surface area contributed by atoms with E-state index in [4.69, 9.17) is 9.63 Å². The van der Waals surface area contributed by atoms with E-state index in [1.807, 2.05) is 13.8 Å². The Morgan fingerprint density at radius 2 is 2.16 bits per heavy atom. The van der Waals surface area contributed by atoms with Crippen molar-refractivity contribution in [3.05, 3.63) is 17.0 Å². The first-order valence-electron chi connectivity index (χ1n) is 6.52. The average Bonchev–Trinajstić information content (AvgIpc) is 2.70. The molecule has 0 fully saturated rings. The van der Waals surface area contributed by atoms with Gasteiger partial charge in [0.25, 0.3) is 0 Å². The minimum absolute atomic E-state index is 0.0563. The molecule has 108 valence electrons. The molecule has 0 aromatic carbocycles. The van der Waals surface area contributed by atoms with Gasteiger partial charge in [0.05, 0.1) is 11.4 Å². The molecule has 0 bridgehead atoms. The molecule has 6 heteroatoms. The summed E-state index contributed by atoms with van der Waals surface area (Å²) in [5, 5.41) is 15.4. The summed E-state index contributed by atoms with van der Waals surface area (Å²) in [5.41, 5.74) is 1.98. The zero-order chi connectivity index (χ0) is 14.1. The summed E-state index contributed by atoms with van der Waals surface area (Å²) in [6.45, 7) is 4.71. The molecule has 2 N–H and O–H groups in total. The molecule has 1 aromatic rings. The average molecular weight is 286 g/mol. The molecular weight excluding hydrogens is 264 g/mol. The number of aromatic nitrogens is 1. The molecular formula is C13H22N2O3S. The van der Waals surface area contributed by atoms with Crippen molar-refractivity contribution in [3.63, 3.8) is 0 Å². The number of unbranched alkanes of at least 4 members (excludes halogenated alkanes) is 2. The largest absolute Gasteiger partial charge is 0.396 e. The van der Waals surface area contributed by atoms with Crippen molar-refractivity contribution < 1.29 is 14.4 Å².